The van der Waals surface area contributed by atoms with Gasteiger partial charge >= 0.3 is 0 Å². The van der Waals surface area contributed by atoms with Crippen LogP contribution in [0.25, 0.3) is 0 Å². The summed E-state index contributed by atoms with van der Waals surface area (Å²) in [5.74, 6) is 0.539. The molecule has 1 spiro atoms. The van der Waals surface area contributed by atoms with Gasteiger partial charge < -0.3 is 10.1 Å². The average Bonchev–Trinajstić information content (AvgIpc) is 2.36. The number of hydrogen-bond acceptors (Lipinski definition) is 2. The van der Waals surface area contributed by atoms with Crippen molar-refractivity contribution in [3.05, 3.63) is 35.4 Å². The lowest BCUT2D eigenvalue weighted by atomic mass is 9.77. The van der Waals surface area contributed by atoms with Crippen molar-refractivity contribution in [3.8, 4) is 0 Å². The highest BCUT2D eigenvalue weighted by Gasteiger charge is 2.40. The summed E-state index contributed by atoms with van der Waals surface area (Å²) < 4.78 is 6.21. The van der Waals surface area contributed by atoms with E-state index in [-0.39, 0.29) is 5.60 Å². The second-order valence-corrected chi connectivity index (χ2v) is 5.04. The van der Waals surface area contributed by atoms with E-state index in [9.17, 15) is 0 Å². The first kappa shape index (κ1) is 10.3. The molecule has 16 heavy (non-hydrogen) atoms. The zero-order valence-electron chi connectivity index (χ0n) is 9.83. The summed E-state index contributed by atoms with van der Waals surface area (Å²) in [5.41, 5.74) is 2.94. The van der Waals surface area contributed by atoms with Crippen molar-refractivity contribution in [1.29, 1.82) is 0 Å². The molecular weight excluding hydrogens is 198 g/mol. The zero-order chi connectivity index (χ0) is 11.0. The van der Waals surface area contributed by atoms with E-state index in [1.165, 1.54) is 11.1 Å². The van der Waals surface area contributed by atoms with Gasteiger partial charge in [-0.05, 0) is 37.1 Å². The summed E-state index contributed by atoms with van der Waals surface area (Å²) in [6, 6.07) is 8.82. The van der Waals surface area contributed by atoms with Gasteiger partial charge in [-0.25, -0.2) is 0 Å². The minimum Gasteiger partial charge on any atom is -0.370 e. The molecule has 1 saturated heterocycles. The number of piperidine rings is 1. The number of ether oxygens (including phenoxy) is 1. The molecule has 2 aliphatic rings. The molecule has 0 saturated carbocycles. The molecule has 0 unspecified atom stereocenters. The third kappa shape index (κ3) is 1.48. The van der Waals surface area contributed by atoms with Crippen molar-refractivity contribution < 1.29 is 4.74 Å². The minimum atomic E-state index is 0.00829. The van der Waals surface area contributed by atoms with Gasteiger partial charge in [-0.1, -0.05) is 31.2 Å². The Balaban J connectivity index is 2.06. The molecule has 1 N–H and O–H groups in total. The van der Waals surface area contributed by atoms with E-state index in [1.807, 2.05) is 0 Å². The first-order valence-electron chi connectivity index (χ1n) is 6.26. The fourth-order valence-corrected chi connectivity index (χ4v) is 3.04. The van der Waals surface area contributed by atoms with Crippen LogP contribution in [0.3, 0.4) is 0 Å². The van der Waals surface area contributed by atoms with Crippen molar-refractivity contribution in [2.45, 2.75) is 31.3 Å². The number of hydrogen-bond donors (Lipinski definition) is 1. The lowest BCUT2D eigenvalue weighted by molar-refractivity contribution is -0.0873. The summed E-state index contributed by atoms with van der Waals surface area (Å²) in [4.78, 5) is 0. The Morgan fingerprint density at radius 3 is 2.81 bits per heavy atom. The summed E-state index contributed by atoms with van der Waals surface area (Å²) in [7, 11) is 0. The summed E-state index contributed by atoms with van der Waals surface area (Å²) in [6.07, 6.45) is 2.22. The van der Waals surface area contributed by atoms with Gasteiger partial charge in [-0.3, -0.25) is 0 Å². The molecule has 86 valence electrons. The predicted molar refractivity (Wildman–Crippen MR) is 64.6 cm³/mol. The van der Waals surface area contributed by atoms with Gasteiger partial charge in [0.25, 0.3) is 0 Å². The fraction of sp³-hybridized carbons (Fsp3) is 0.571. The quantitative estimate of drug-likeness (QED) is 0.720. The highest BCUT2D eigenvalue weighted by atomic mass is 16.5. The molecule has 1 fully saturated rings. The molecule has 2 heteroatoms. The Morgan fingerprint density at radius 1 is 1.25 bits per heavy atom. The minimum absolute atomic E-state index is 0.00829. The average molecular weight is 217 g/mol. The van der Waals surface area contributed by atoms with Crippen molar-refractivity contribution in [2.24, 2.45) is 0 Å². The van der Waals surface area contributed by atoms with Gasteiger partial charge in [-0.2, -0.15) is 0 Å². The zero-order valence-corrected chi connectivity index (χ0v) is 9.83. The van der Waals surface area contributed by atoms with E-state index in [1.54, 1.807) is 0 Å². The lowest BCUT2D eigenvalue weighted by Crippen LogP contribution is -2.45. The van der Waals surface area contributed by atoms with Crippen LogP contribution in [0.4, 0.5) is 0 Å². The van der Waals surface area contributed by atoms with E-state index in [0.717, 1.165) is 32.5 Å². The maximum atomic E-state index is 6.21. The van der Waals surface area contributed by atoms with Crippen LogP contribution >= 0.6 is 0 Å². The van der Waals surface area contributed by atoms with Crippen molar-refractivity contribution >= 4 is 0 Å². The molecule has 3 rings (SSSR count). The standard InChI is InChI=1S/C14H19NO/c1-11-10-16-14(6-8-15-9-7-14)13-5-3-2-4-12(11)13/h2-5,11,15H,6-10H2,1H3/t11-/m1/s1. The van der Waals surface area contributed by atoms with Gasteiger partial charge in [0.2, 0.25) is 0 Å². The first-order valence-corrected chi connectivity index (χ1v) is 6.26. The molecule has 0 bridgehead atoms. The van der Waals surface area contributed by atoms with E-state index in [4.69, 9.17) is 4.74 Å². The van der Waals surface area contributed by atoms with E-state index < -0.39 is 0 Å². The largest absolute Gasteiger partial charge is 0.370 e. The Kier molecular flexibility index (Phi) is 2.49. The summed E-state index contributed by atoms with van der Waals surface area (Å²) >= 11 is 0. The molecule has 0 amide bonds. The Bertz CT molecular complexity index is 382. The van der Waals surface area contributed by atoms with Crippen LogP contribution in [-0.2, 0) is 10.3 Å². The Labute approximate surface area is 97.0 Å². The predicted octanol–water partition coefficient (Wildman–Crippen LogP) is 2.40. The van der Waals surface area contributed by atoms with Gasteiger partial charge in [0, 0.05) is 5.92 Å². The van der Waals surface area contributed by atoms with Crippen LogP contribution < -0.4 is 5.32 Å². The van der Waals surface area contributed by atoms with Gasteiger partial charge in [-0.15, -0.1) is 0 Å². The van der Waals surface area contributed by atoms with Crippen LogP contribution in [0.5, 0.6) is 0 Å². The number of rotatable bonds is 0. The summed E-state index contributed by atoms with van der Waals surface area (Å²) in [6.45, 7) is 5.27. The van der Waals surface area contributed by atoms with Crippen LogP contribution in [0.15, 0.2) is 24.3 Å². The highest BCUT2D eigenvalue weighted by Crippen LogP contribution is 2.43. The monoisotopic (exact) mass is 217 g/mol. The second kappa shape index (κ2) is 3.86. The number of nitrogens with one attached hydrogen (secondary N) is 1. The lowest BCUT2D eigenvalue weighted by Gasteiger charge is -2.44. The van der Waals surface area contributed by atoms with Crippen LogP contribution in [0.1, 0.15) is 36.8 Å². The molecule has 1 aromatic rings. The molecule has 0 aliphatic carbocycles. The number of fused-ring (bicyclic) bond motifs is 2. The Morgan fingerprint density at radius 2 is 2.00 bits per heavy atom. The van der Waals surface area contributed by atoms with Gasteiger partial charge in [0.1, 0.15) is 0 Å². The molecule has 0 radical (unpaired) electrons. The Hall–Kier alpha value is -0.860. The number of benzene rings is 1. The van der Waals surface area contributed by atoms with Crippen LogP contribution in [-0.4, -0.2) is 19.7 Å². The first-order chi connectivity index (χ1) is 7.82. The molecule has 1 aromatic carbocycles. The molecule has 2 heterocycles. The molecule has 1 atom stereocenters. The third-order valence-corrected chi connectivity index (χ3v) is 4.00. The smallest absolute Gasteiger partial charge is 0.0958 e. The fourth-order valence-electron chi connectivity index (χ4n) is 3.04. The maximum Gasteiger partial charge on any atom is 0.0958 e. The molecule has 0 aromatic heterocycles. The normalized spacial score (nSPS) is 27.7. The van der Waals surface area contributed by atoms with Crippen LogP contribution in [0, 0.1) is 0 Å². The topological polar surface area (TPSA) is 21.3 Å². The SMILES string of the molecule is C[C@@H]1COC2(CCNCC2)c2ccccc21. The van der Waals surface area contributed by atoms with Gasteiger partial charge in [0.15, 0.2) is 0 Å². The van der Waals surface area contributed by atoms with E-state index >= 15 is 0 Å². The summed E-state index contributed by atoms with van der Waals surface area (Å²) in [5, 5.41) is 3.42. The van der Waals surface area contributed by atoms with Crippen LogP contribution in [0.2, 0.25) is 0 Å². The molecule has 2 aliphatic heterocycles. The molecule has 2 nitrogen and oxygen atoms in total. The van der Waals surface area contributed by atoms with E-state index in [2.05, 4.69) is 36.5 Å². The van der Waals surface area contributed by atoms with Gasteiger partial charge in [0.05, 0.1) is 12.2 Å². The van der Waals surface area contributed by atoms with E-state index in [0.29, 0.717) is 5.92 Å². The van der Waals surface area contributed by atoms with Crippen molar-refractivity contribution in [2.75, 3.05) is 19.7 Å². The van der Waals surface area contributed by atoms with Crippen molar-refractivity contribution in [1.82, 2.24) is 5.32 Å². The van der Waals surface area contributed by atoms with Crippen molar-refractivity contribution in [3.63, 3.8) is 0 Å². The second-order valence-electron chi connectivity index (χ2n) is 5.04. The third-order valence-electron chi connectivity index (χ3n) is 4.00. The highest BCUT2D eigenvalue weighted by molar-refractivity contribution is 5.37. The molecular formula is C14H19NO. The maximum absolute atomic E-state index is 6.21.